The Hall–Kier alpha value is -2.38. The second-order valence-corrected chi connectivity index (χ2v) is 6.79. The van der Waals surface area contributed by atoms with Crippen LogP contribution in [0.25, 0.3) is 11.4 Å². The van der Waals surface area contributed by atoms with Crippen molar-refractivity contribution in [1.82, 2.24) is 9.36 Å². The number of carbonyl (C=O) groups excluding carboxylic acids is 1. The fraction of sp³-hybridized carbons (Fsp3) is 0.118. The lowest BCUT2D eigenvalue weighted by Gasteiger charge is -2.06. The van der Waals surface area contributed by atoms with E-state index in [1.807, 2.05) is 48.5 Å². The van der Waals surface area contributed by atoms with Crippen molar-refractivity contribution >= 4 is 34.9 Å². The number of anilines is 1. The van der Waals surface area contributed by atoms with E-state index >= 15 is 0 Å². The van der Waals surface area contributed by atoms with E-state index < -0.39 is 0 Å². The monoisotopic (exact) mass is 357 g/mol. The number of benzene rings is 2. The van der Waals surface area contributed by atoms with Crippen molar-refractivity contribution in [3.8, 4) is 17.1 Å². The largest absolute Gasteiger partial charge is 0.497 e. The van der Waals surface area contributed by atoms with Crippen LogP contribution in [0.3, 0.4) is 0 Å². The van der Waals surface area contributed by atoms with E-state index in [1.54, 1.807) is 13.2 Å². The van der Waals surface area contributed by atoms with Crippen LogP contribution in [0, 0.1) is 0 Å². The first-order chi connectivity index (χ1) is 11.7. The Balaban J connectivity index is 1.56. The molecule has 0 spiro atoms. The molecule has 0 fully saturated rings. The van der Waals surface area contributed by atoms with Gasteiger partial charge in [-0.3, -0.25) is 4.79 Å². The van der Waals surface area contributed by atoms with Gasteiger partial charge in [-0.2, -0.15) is 4.37 Å². The van der Waals surface area contributed by atoms with Gasteiger partial charge < -0.3 is 10.1 Å². The Morgan fingerprint density at radius 3 is 2.83 bits per heavy atom. The van der Waals surface area contributed by atoms with Crippen molar-refractivity contribution in [3.05, 3.63) is 54.6 Å². The first kappa shape index (κ1) is 16.5. The number of hydrogen-bond acceptors (Lipinski definition) is 6. The van der Waals surface area contributed by atoms with E-state index in [0.29, 0.717) is 17.3 Å². The first-order valence-electron chi connectivity index (χ1n) is 7.20. The van der Waals surface area contributed by atoms with E-state index in [1.165, 1.54) is 23.3 Å². The number of thioether (sulfide) groups is 1. The molecule has 0 saturated carbocycles. The average Bonchev–Trinajstić information content (AvgIpc) is 3.10. The Morgan fingerprint density at radius 1 is 1.21 bits per heavy atom. The molecule has 0 bridgehead atoms. The third-order valence-corrected chi connectivity index (χ3v) is 4.95. The highest BCUT2D eigenvalue weighted by atomic mass is 32.2. The lowest BCUT2D eigenvalue weighted by atomic mass is 10.2. The SMILES string of the molecule is COc1cccc(NC(=O)CSc2nc(-c3ccccc3)ns2)c1. The predicted octanol–water partition coefficient (Wildman–Crippen LogP) is 3.94. The molecule has 0 atom stereocenters. The van der Waals surface area contributed by atoms with Gasteiger partial charge in [-0.25, -0.2) is 4.98 Å². The Labute approximate surface area is 148 Å². The third-order valence-electron chi connectivity index (χ3n) is 3.12. The van der Waals surface area contributed by atoms with Crippen molar-refractivity contribution in [1.29, 1.82) is 0 Å². The summed E-state index contributed by atoms with van der Waals surface area (Å²) in [5.74, 6) is 1.58. The molecule has 0 aliphatic carbocycles. The van der Waals surface area contributed by atoms with Gasteiger partial charge in [0.15, 0.2) is 10.2 Å². The number of nitrogens with zero attached hydrogens (tertiary/aromatic N) is 2. The van der Waals surface area contributed by atoms with Crippen molar-refractivity contribution in [2.45, 2.75) is 4.34 Å². The molecule has 0 unspecified atom stereocenters. The molecular formula is C17H15N3O2S2. The molecule has 3 rings (SSSR count). The van der Waals surface area contributed by atoms with Crippen LogP contribution in [0.4, 0.5) is 5.69 Å². The van der Waals surface area contributed by atoms with E-state index in [4.69, 9.17) is 4.74 Å². The minimum absolute atomic E-state index is 0.0929. The average molecular weight is 357 g/mol. The topological polar surface area (TPSA) is 64.1 Å². The van der Waals surface area contributed by atoms with Crippen LogP contribution in [-0.2, 0) is 4.79 Å². The molecule has 1 amide bonds. The van der Waals surface area contributed by atoms with Gasteiger partial charge >= 0.3 is 0 Å². The number of methoxy groups -OCH3 is 1. The molecule has 7 heteroatoms. The lowest BCUT2D eigenvalue weighted by molar-refractivity contribution is -0.113. The number of rotatable bonds is 6. The predicted molar refractivity (Wildman–Crippen MR) is 97.7 cm³/mol. The van der Waals surface area contributed by atoms with Gasteiger partial charge in [0.05, 0.1) is 12.9 Å². The van der Waals surface area contributed by atoms with Crippen LogP contribution in [0.2, 0.25) is 0 Å². The van der Waals surface area contributed by atoms with Crippen LogP contribution in [-0.4, -0.2) is 28.1 Å². The number of amides is 1. The summed E-state index contributed by atoms with van der Waals surface area (Å²) in [5, 5.41) is 2.84. The van der Waals surface area contributed by atoms with Gasteiger partial charge in [0.2, 0.25) is 5.91 Å². The van der Waals surface area contributed by atoms with E-state index in [-0.39, 0.29) is 11.7 Å². The summed E-state index contributed by atoms with van der Waals surface area (Å²) >= 11 is 2.68. The lowest BCUT2D eigenvalue weighted by Crippen LogP contribution is -2.13. The maximum atomic E-state index is 12.0. The summed E-state index contributed by atoms with van der Waals surface area (Å²) < 4.78 is 10.2. The number of carbonyl (C=O) groups is 1. The highest BCUT2D eigenvalue weighted by molar-refractivity contribution is 8.01. The molecule has 122 valence electrons. The van der Waals surface area contributed by atoms with Crippen LogP contribution < -0.4 is 10.1 Å². The quantitative estimate of drug-likeness (QED) is 0.677. The number of aromatic nitrogens is 2. The van der Waals surface area contributed by atoms with Crippen LogP contribution in [0.5, 0.6) is 5.75 Å². The summed E-state index contributed by atoms with van der Waals surface area (Å²) in [6.45, 7) is 0. The molecule has 1 heterocycles. The summed E-state index contributed by atoms with van der Waals surface area (Å²) in [6.07, 6.45) is 0. The number of nitrogens with one attached hydrogen (secondary N) is 1. The van der Waals surface area contributed by atoms with Gasteiger partial charge in [-0.1, -0.05) is 48.2 Å². The standard InChI is InChI=1S/C17H15N3O2S2/c1-22-14-9-5-8-13(10-14)18-15(21)11-23-17-19-16(20-24-17)12-6-3-2-4-7-12/h2-10H,11H2,1H3,(H,18,21). The summed E-state index contributed by atoms with van der Waals surface area (Å²) in [4.78, 5) is 16.5. The molecule has 1 aromatic heterocycles. The van der Waals surface area contributed by atoms with Gasteiger partial charge in [-0.15, -0.1) is 0 Å². The number of ether oxygens (including phenoxy) is 1. The fourth-order valence-electron chi connectivity index (χ4n) is 2.00. The number of hydrogen-bond donors (Lipinski definition) is 1. The highest BCUT2D eigenvalue weighted by Gasteiger charge is 2.09. The second kappa shape index (κ2) is 7.94. The highest BCUT2D eigenvalue weighted by Crippen LogP contribution is 2.25. The molecule has 0 radical (unpaired) electrons. The van der Waals surface area contributed by atoms with Gasteiger partial charge in [-0.05, 0) is 23.7 Å². The van der Waals surface area contributed by atoms with E-state index in [2.05, 4.69) is 14.7 Å². The van der Waals surface area contributed by atoms with Crippen molar-refractivity contribution in [2.75, 3.05) is 18.2 Å². The zero-order chi connectivity index (χ0) is 16.8. The molecule has 2 aromatic carbocycles. The maximum Gasteiger partial charge on any atom is 0.234 e. The molecule has 24 heavy (non-hydrogen) atoms. The van der Waals surface area contributed by atoms with Crippen molar-refractivity contribution in [2.24, 2.45) is 0 Å². The zero-order valence-corrected chi connectivity index (χ0v) is 14.6. The van der Waals surface area contributed by atoms with Crippen molar-refractivity contribution < 1.29 is 9.53 Å². The molecule has 0 saturated heterocycles. The zero-order valence-electron chi connectivity index (χ0n) is 12.9. The summed E-state index contributed by atoms with van der Waals surface area (Å²) in [7, 11) is 1.59. The first-order valence-corrected chi connectivity index (χ1v) is 8.96. The minimum atomic E-state index is -0.0929. The Kier molecular flexibility index (Phi) is 5.45. The Bertz CT molecular complexity index is 821. The normalized spacial score (nSPS) is 10.4. The smallest absolute Gasteiger partial charge is 0.234 e. The van der Waals surface area contributed by atoms with E-state index in [0.717, 1.165) is 9.90 Å². The molecule has 1 N–H and O–H groups in total. The third kappa shape index (κ3) is 4.33. The Morgan fingerprint density at radius 2 is 2.04 bits per heavy atom. The molecule has 0 aliphatic rings. The van der Waals surface area contributed by atoms with Crippen LogP contribution >= 0.6 is 23.3 Å². The second-order valence-electron chi connectivity index (χ2n) is 4.82. The summed E-state index contributed by atoms with van der Waals surface area (Å²) in [5.41, 5.74) is 1.68. The molecule has 0 aliphatic heterocycles. The van der Waals surface area contributed by atoms with Gasteiger partial charge in [0.25, 0.3) is 0 Å². The maximum absolute atomic E-state index is 12.0. The fourth-order valence-corrected chi connectivity index (χ4v) is 3.41. The molecular weight excluding hydrogens is 342 g/mol. The van der Waals surface area contributed by atoms with Crippen molar-refractivity contribution in [3.63, 3.8) is 0 Å². The van der Waals surface area contributed by atoms with Gasteiger partial charge in [0, 0.05) is 17.3 Å². The summed E-state index contributed by atoms with van der Waals surface area (Å²) in [6, 6.07) is 17.0. The van der Waals surface area contributed by atoms with E-state index in [9.17, 15) is 4.79 Å². The molecule has 5 nitrogen and oxygen atoms in total. The minimum Gasteiger partial charge on any atom is -0.497 e. The van der Waals surface area contributed by atoms with Crippen LogP contribution in [0.15, 0.2) is 58.9 Å². The molecule has 3 aromatic rings. The van der Waals surface area contributed by atoms with Crippen LogP contribution in [0.1, 0.15) is 0 Å². The van der Waals surface area contributed by atoms with Gasteiger partial charge in [0.1, 0.15) is 5.75 Å².